The van der Waals surface area contributed by atoms with Crippen molar-refractivity contribution >= 4 is 21.8 Å². The highest BCUT2D eigenvalue weighted by Crippen LogP contribution is 2.28. The van der Waals surface area contributed by atoms with Crippen molar-refractivity contribution in [2.45, 2.75) is 32.2 Å². The molecule has 0 unspecified atom stereocenters. The maximum Gasteiger partial charge on any atom is 0.272 e. The fourth-order valence-electron chi connectivity index (χ4n) is 3.98. The number of carbonyl (C=O) groups excluding carboxylic acids is 1. The number of carbonyl (C=O) groups is 1. The van der Waals surface area contributed by atoms with E-state index >= 15 is 0 Å². The van der Waals surface area contributed by atoms with E-state index in [9.17, 15) is 4.79 Å². The zero-order valence-corrected chi connectivity index (χ0v) is 18.4. The zero-order chi connectivity index (χ0) is 21.2. The van der Waals surface area contributed by atoms with Crippen LogP contribution in [-0.2, 0) is 19.4 Å². The molecule has 1 amide bonds. The van der Waals surface area contributed by atoms with Gasteiger partial charge in [-0.3, -0.25) is 4.79 Å². The molecule has 1 N–H and O–H groups in total. The average Bonchev–Trinajstić information content (AvgIpc) is 3.46. The molecule has 7 nitrogen and oxygen atoms in total. The monoisotopic (exact) mass is 476 g/mol. The van der Waals surface area contributed by atoms with Crippen molar-refractivity contribution in [3.63, 3.8) is 0 Å². The van der Waals surface area contributed by atoms with Crippen LogP contribution in [0.4, 0.5) is 0 Å². The highest BCUT2D eigenvalue weighted by Gasteiger charge is 2.25. The second kappa shape index (κ2) is 8.47. The Morgan fingerprint density at radius 1 is 1.06 bits per heavy atom. The lowest BCUT2D eigenvalue weighted by molar-refractivity contribution is 0.0944. The van der Waals surface area contributed by atoms with Gasteiger partial charge in [0, 0.05) is 22.3 Å². The number of fused-ring (bicyclic) bond motifs is 1. The summed E-state index contributed by atoms with van der Waals surface area (Å²) < 4.78 is 4.62. The third-order valence-electron chi connectivity index (χ3n) is 5.52. The predicted molar refractivity (Wildman–Crippen MR) is 120 cm³/mol. The molecule has 0 saturated carbocycles. The second-order valence-corrected chi connectivity index (χ2v) is 8.48. The first-order valence-electron chi connectivity index (χ1n) is 10.3. The maximum absolute atomic E-state index is 13.0. The van der Waals surface area contributed by atoms with Crippen LogP contribution in [0.3, 0.4) is 0 Å². The fourth-order valence-corrected chi connectivity index (χ4v) is 4.36. The Balaban J connectivity index is 1.36. The molecule has 0 atom stereocenters. The number of aromatic nitrogens is 5. The van der Waals surface area contributed by atoms with Crippen molar-refractivity contribution in [3.8, 4) is 11.4 Å². The molecule has 4 aromatic rings. The van der Waals surface area contributed by atoms with E-state index < -0.39 is 0 Å². The highest BCUT2D eigenvalue weighted by atomic mass is 79.9. The Kier molecular flexibility index (Phi) is 5.38. The number of amides is 1. The number of hydrogen-bond acceptors (Lipinski definition) is 4. The molecule has 8 heteroatoms. The summed E-state index contributed by atoms with van der Waals surface area (Å²) in [6, 6.07) is 15.9. The highest BCUT2D eigenvalue weighted by molar-refractivity contribution is 9.10. The molecule has 1 aliphatic carbocycles. The van der Waals surface area contributed by atoms with Crippen LogP contribution in [0.15, 0.2) is 65.7 Å². The molecule has 0 fully saturated rings. The lowest BCUT2D eigenvalue weighted by Crippen LogP contribution is -2.24. The number of nitrogens with one attached hydrogen (secondary N) is 1. The van der Waals surface area contributed by atoms with Crippen molar-refractivity contribution in [1.82, 2.24) is 29.9 Å². The van der Waals surface area contributed by atoms with E-state index in [0.29, 0.717) is 12.2 Å². The van der Waals surface area contributed by atoms with E-state index in [-0.39, 0.29) is 5.91 Å². The van der Waals surface area contributed by atoms with Gasteiger partial charge < -0.3 is 5.32 Å². The lowest BCUT2D eigenvalue weighted by Gasteiger charge is -2.14. The standard InChI is InChI=1S/C23H21BrN6O/c24-17-4-3-5-19(12-17)30-21-7-2-1-6-20(21)22(28-30)23(31)26-13-16-8-10-18(11-9-16)29-15-25-14-27-29/h3-5,8-12,14-15H,1-2,6-7,13H2,(H,26,31). The molecule has 2 heterocycles. The molecule has 5 rings (SSSR count). The third kappa shape index (κ3) is 4.03. The predicted octanol–water partition coefficient (Wildman–Crippen LogP) is 4.02. The van der Waals surface area contributed by atoms with Gasteiger partial charge in [-0.05, 0) is 61.6 Å². The quantitative estimate of drug-likeness (QED) is 0.471. The van der Waals surface area contributed by atoms with Crippen LogP contribution in [-0.4, -0.2) is 30.5 Å². The van der Waals surface area contributed by atoms with Gasteiger partial charge in [-0.2, -0.15) is 10.2 Å². The average molecular weight is 477 g/mol. The summed E-state index contributed by atoms with van der Waals surface area (Å²) in [5, 5.41) is 11.9. The van der Waals surface area contributed by atoms with Crippen LogP contribution in [0.25, 0.3) is 11.4 Å². The molecule has 2 aromatic carbocycles. The van der Waals surface area contributed by atoms with Gasteiger partial charge in [0.05, 0.1) is 11.4 Å². The SMILES string of the molecule is O=C(NCc1ccc(-n2cncn2)cc1)c1nn(-c2cccc(Br)c2)c2c1CCCC2. The van der Waals surface area contributed by atoms with Gasteiger partial charge >= 0.3 is 0 Å². The van der Waals surface area contributed by atoms with Crippen LogP contribution in [0, 0.1) is 0 Å². The van der Waals surface area contributed by atoms with Gasteiger partial charge in [-0.1, -0.05) is 34.1 Å². The molecule has 1 aliphatic rings. The number of nitrogens with zero attached hydrogens (tertiary/aromatic N) is 5. The van der Waals surface area contributed by atoms with Crippen molar-refractivity contribution in [2.24, 2.45) is 0 Å². The second-order valence-electron chi connectivity index (χ2n) is 7.56. The number of halogens is 1. The Bertz CT molecular complexity index is 1210. The lowest BCUT2D eigenvalue weighted by atomic mass is 9.95. The Labute approximate surface area is 188 Å². The number of benzene rings is 2. The van der Waals surface area contributed by atoms with E-state index in [0.717, 1.165) is 58.4 Å². The largest absolute Gasteiger partial charge is 0.347 e. The van der Waals surface area contributed by atoms with Crippen LogP contribution in [0.1, 0.15) is 40.2 Å². The molecule has 0 spiro atoms. The zero-order valence-electron chi connectivity index (χ0n) is 16.8. The topological polar surface area (TPSA) is 77.6 Å². The van der Waals surface area contributed by atoms with Crippen LogP contribution in [0.2, 0.25) is 0 Å². The fraction of sp³-hybridized carbons (Fsp3) is 0.217. The normalized spacial score (nSPS) is 13.1. The molecule has 0 radical (unpaired) electrons. The molecule has 31 heavy (non-hydrogen) atoms. The molecule has 156 valence electrons. The first-order chi connectivity index (χ1) is 15.2. The van der Waals surface area contributed by atoms with Gasteiger partial charge in [0.2, 0.25) is 0 Å². The van der Waals surface area contributed by atoms with E-state index in [1.807, 2.05) is 53.2 Å². The van der Waals surface area contributed by atoms with Crippen molar-refractivity contribution in [3.05, 3.63) is 88.2 Å². The summed E-state index contributed by atoms with van der Waals surface area (Å²) in [6.45, 7) is 0.439. The van der Waals surface area contributed by atoms with E-state index in [2.05, 4.69) is 31.3 Å². The molecular weight excluding hydrogens is 456 g/mol. The molecular formula is C23H21BrN6O. The third-order valence-corrected chi connectivity index (χ3v) is 6.01. The van der Waals surface area contributed by atoms with E-state index in [1.54, 1.807) is 11.0 Å². The van der Waals surface area contributed by atoms with Crippen molar-refractivity contribution in [1.29, 1.82) is 0 Å². The number of rotatable bonds is 5. The Morgan fingerprint density at radius 3 is 2.68 bits per heavy atom. The molecule has 0 saturated heterocycles. The minimum Gasteiger partial charge on any atom is -0.347 e. The smallest absolute Gasteiger partial charge is 0.272 e. The minimum atomic E-state index is -0.132. The molecule has 0 aliphatic heterocycles. The number of hydrogen-bond donors (Lipinski definition) is 1. The van der Waals surface area contributed by atoms with Gasteiger partial charge in [-0.25, -0.2) is 14.3 Å². The summed E-state index contributed by atoms with van der Waals surface area (Å²) in [5.74, 6) is -0.132. The van der Waals surface area contributed by atoms with Crippen LogP contribution >= 0.6 is 15.9 Å². The summed E-state index contributed by atoms with van der Waals surface area (Å²) >= 11 is 3.53. The van der Waals surface area contributed by atoms with Gasteiger partial charge in [0.1, 0.15) is 12.7 Å². The van der Waals surface area contributed by atoms with Crippen LogP contribution < -0.4 is 5.32 Å². The van der Waals surface area contributed by atoms with Crippen LogP contribution in [0.5, 0.6) is 0 Å². The van der Waals surface area contributed by atoms with Gasteiger partial charge in [-0.15, -0.1) is 0 Å². The summed E-state index contributed by atoms with van der Waals surface area (Å²) in [7, 11) is 0. The summed E-state index contributed by atoms with van der Waals surface area (Å²) in [4.78, 5) is 17.0. The first-order valence-corrected chi connectivity index (χ1v) is 11.1. The maximum atomic E-state index is 13.0. The van der Waals surface area contributed by atoms with Crippen molar-refractivity contribution in [2.75, 3.05) is 0 Å². The Morgan fingerprint density at radius 2 is 1.90 bits per heavy atom. The van der Waals surface area contributed by atoms with E-state index in [1.165, 1.54) is 6.33 Å². The van der Waals surface area contributed by atoms with Crippen molar-refractivity contribution < 1.29 is 4.79 Å². The van der Waals surface area contributed by atoms with E-state index in [4.69, 9.17) is 5.10 Å². The minimum absolute atomic E-state index is 0.132. The first kappa shape index (κ1) is 19.7. The Hall–Kier alpha value is -3.26. The molecule has 2 aromatic heterocycles. The summed E-state index contributed by atoms with van der Waals surface area (Å²) in [6.07, 6.45) is 7.18. The molecule has 0 bridgehead atoms. The summed E-state index contributed by atoms with van der Waals surface area (Å²) in [5.41, 5.74) is 5.66. The van der Waals surface area contributed by atoms with Gasteiger partial charge in [0.15, 0.2) is 5.69 Å². The van der Waals surface area contributed by atoms with Gasteiger partial charge in [0.25, 0.3) is 5.91 Å².